The number of rotatable bonds is 65. The topological polar surface area (TPSA) is 72.8 Å². The highest BCUT2D eigenvalue weighted by molar-refractivity contribution is 5.70. The van der Waals surface area contributed by atoms with Gasteiger partial charge in [-0.2, -0.15) is 0 Å². The number of aliphatic hydroxyl groups excluding tert-OH is 1. The number of ether oxygens (including phenoxy) is 2. The fraction of sp³-hybridized carbons (Fsp3) is 0.887. The summed E-state index contributed by atoms with van der Waals surface area (Å²) in [6.07, 6.45) is 89.1. The molecule has 76 heavy (non-hydrogen) atoms. The zero-order valence-electron chi connectivity index (χ0n) is 51.5. The minimum atomic E-state index is -0.779. The maximum absolute atomic E-state index is 12.3. The molecule has 0 heterocycles. The number of esters is 2. The minimum absolute atomic E-state index is 0.0672. The number of hydrogen-bond donors (Lipinski definition) is 1. The van der Waals surface area contributed by atoms with Crippen LogP contribution in [0.1, 0.15) is 386 Å². The molecule has 1 N–H and O–H groups in total. The van der Waals surface area contributed by atoms with Crippen LogP contribution < -0.4 is 0 Å². The van der Waals surface area contributed by atoms with Gasteiger partial charge in [-0.25, -0.2) is 0 Å². The van der Waals surface area contributed by atoms with Crippen molar-refractivity contribution in [2.24, 2.45) is 0 Å². The van der Waals surface area contributed by atoms with Crippen molar-refractivity contribution in [2.75, 3.05) is 13.2 Å². The number of aliphatic hydroxyl groups is 1. The third-order valence-corrected chi connectivity index (χ3v) is 15.9. The molecule has 0 spiro atoms. The SMILES string of the molecule is CCCCCCC/C=C\C/C=C\C/C=C\CCCCCCCCC(=O)OC(CO)COC(=O)CCCCCCCCCCCCCCCCCCCCCCCCCCCCCCCCCCCCCCCCCCC. The molecule has 5 heteroatoms. The van der Waals surface area contributed by atoms with Crippen LogP contribution in [0.15, 0.2) is 36.5 Å². The van der Waals surface area contributed by atoms with Gasteiger partial charge < -0.3 is 14.6 Å². The standard InChI is InChI=1S/C71H134O5/c1-3-5-7-9-11-13-15-17-19-21-23-25-26-27-28-29-30-31-32-33-34-35-36-37-38-39-40-41-42-43-44-46-47-49-51-53-55-57-59-61-63-65-70(73)75-68-69(67-72)76-71(74)66-64-62-60-58-56-54-52-50-48-45-24-22-20-18-16-14-12-10-8-6-4-2/h16,18,22,24,48,50,69,72H,3-15,17,19-21,23,25-47,49,51-68H2,1-2H3/b18-16-,24-22-,50-48-. The van der Waals surface area contributed by atoms with E-state index in [4.69, 9.17) is 9.47 Å². The molecular weight excluding hydrogens is 933 g/mol. The highest BCUT2D eigenvalue weighted by Crippen LogP contribution is 2.19. The van der Waals surface area contributed by atoms with Crippen molar-refractivity contribution in [2.45, 2.75) is 392 Å². The van der Waals surface area contributed by atoms with Crippen molar-refractivity contribution in [3.8, 4) is 0 Å². The van der Waals surface area contributed by atoms with Crippen LogP contribution >= 0.6 is 0 Å². The summed E-state index contributed by atoms with van der Waals surface area (Å²) in [6, 6.07) is 0. The van der Waals surface area contributed by atoms with Crippen LogP contribution in [0, 0.1) is 0 Å². The van der Waals surface area contributed by atoms with E-state index in [9.17, 15) is 14.7 Å². The van der Waals surface area contributed by atoms with Gasteiger partial charge in [0.15, 0.2) is 6.10 Å². The van der Waals surface area contributed by atoms with E-state index in [0.717, 1.165) is 57.8 Å². The Bertz CT molecular complexity index is 1210. The summed E-state index contributed by atoms with van der Waals surface area (Å²) in [5.41, 5.74) is 0. The Hall–Kier alpha value is -1.88. The molecule has 0 saturated carbocycles. The van der Waals surface area contributed by atoms with E-state index in [2.05, 4.69) is 50.3 Å². The summed E-state index contributed by atoms with van der Waals surface area (Å²) in [5.74, 6) is -0.587. The Morgan fingerprint density at radius 3 is 0.789 bits per heavy atom. The van der Waals surface area contributed by atoms with Crippen LogP contribution in [0.2, 0.25) is 0 Å². The second-order valence-corrected chi connectivity index (χ2v) is 23.6. The van der Waals surface area contributed by atoms with Gasteiger partial charge in [0, 0.05) is 12.8 Å². The summed E-state index contributed by atoms with van der Waals surface area (Å²) < 4.78 is 10.7. The lowest BCUT2D eigenvalue weighted by Crippen LogP contribution is -2.28. The van der Waals surface area contributed by atoms with Crippen molar-refractivity contribution in [3.63, 3.8) is 0 Å². The van der Waals surface area contributed by atoms with Gasteiger partial charge in [-0.1, -0.05) is 359 Å². The molecule has 0 aliphatic rings. The second kappa shape index (κ2) is 67.4. The molecule has 0 radical (unpaired) electrons. The molecule has 0 aromatic heterocycles. The van der Waals surface area contributed by atoms with Gasteiger partial charge in [0.1, 0.15) is 6.61 Å². The van der Waals surface area contributed by atoms with E-state index in [1.165, 1.54) is 302 Å². The molecule has 0 saturated heterocycles. The highest BCUT2D eigenvalue weighted by atomic mass is 16.6. The lowest BCUT2D eigenvalue weighted by atomic mass is 10.0. The molecule has 0 rings (SSSR count). The maximum Gasteiger partial charge on any atom is 0.306 e. The van der Waals surface area contributed by atoms with E-state index >= 15 is 0 Å². The number of unbranched alkanes of at least 4 members (excludes halogenated alkanes) is 51. The molecule has 448 valence electrons. The van der Waals surface area contributed by atoms with Crippen LogP contribution in [0.5, 0.6) is 0 Å². The lowest BCUT2D eigenvalue weighted by Gasteiger charge is -2.15. The smallest absolute Gasteiger partial charge is 0.306 e. The zero-order chi connectivity index (χ0) is 54.8. The van der Waals surface area contributed by atoms with Crippen LogP contribution in [-0.4, -0.2) is 36.4 Å². The van der Waals surface area contributed by atoms with Gasteiger partial charge in [0.2, 0.25) is 0 Å². The maximum atomic E-state index is 12.3. The summed E-state index contributed by atoms with van der Waals surface area (Å²) in [6.45, 7) is 4.17. The predicted molar refractivity (Wildman–Crippen MR) is 334 cm³/mol. The van der Waals surface area contributed by atoms with E-state index in [1.54, 1.807) is 0 Å². The van der Waals surface area contributed by atoms with Crippen LogP contribution in [0.3, 0.4) is 0 Å². The Labute approximate surface area is 476 Å². The fourth-order valence-corrected chi connectivity index (χ4v) is 10.7. The molecule has 0 aromatic carbocycles. The Morgan fingerprint density at radius 1 is 0.303 bits per heavy atom. The molecule has 5 nitrogen and oxygen atoms in total. The lowest BCUT2D eigenvalue weighted by molar-refractivity contribution is -0.161. The second-order valence-electron chi connectivity index (χ2n) is 23.6. The van der Waals surface area contributed by atoms with Crippen LogP contribution in [0.25, 0.3) is 0 Å². The number of carbonyl (C=O) groups excluding carboxylic acids is 2. The van der Waals surface area contributed by atoms with Crippen molar-refractivity contribution in [3.05, 3.63) is 36.5 Å². The molecule has 0 aliphatic carbocycles. The van der Waals surface area contributed by atoms with Gasteiger partial charge >= 0.3 is 11.9 Å². The summed E-state index contributed by atoms with van der Waals surface area (Å²) in [4.78, 5) is 24.6. The third kappa shape index (κ3) is 64.6. The first-order chi connectivity index (χ1) is 37.6. The van der Waals surface area contributed by atoms with Gasteiger partial charge in [0.05, 0.1) is 6.61 Å². The van der Waals surface area contributed by atoms with E-state index in [0.29, 0.717) is 12.8 Å². The first kappa shape index (κ1) is 74.1. The average Bonchev–Trinajstić information content (AvgIpc) is 3.42. The highest BCUT2D eigenvalue weighted by Gasteiger charge is 2.16. The molecular formula is C71H134O5. The molecule has 0 aliphatic heterocycles. The third-order valence-electron chi connectivity index (χ3n) is 15.9. The largest absolute Gasteiger partial charge is 0.462 e. The first-order valence-corrected chi connectivity index (χ1v) is 34.5. The van der Waals surface area contributed by atoms with Crippen molar-refractivity contribution in [1.82, 2.24) is 0 Å². The molecule has 0 fully saturated rings. The van der Waals surface area contributed by atoms with Gasteiger partial charge in [-0.05, 0) is 51.4 Å². The van der Waals surface area contributed by atoms with E-state index < -0.39 is 6.10 Å². The molecule has 1 atom stereocenters. The molecule has 0 aromatic rings. The summed E-state index contributed by atoms with van der Waals surface area (Å²) in [5, 5.41) is 9.67. The van der Waals surface area contributed by atoms with Gasteiger partial charge in [-0.15, -0.1) is 0 Å². The van der Waals surface area contributed by atoms with Crippen molar-refractivity contribution < 1.29 is 24.2 Å². The molecule has 0 bridgehead atoms. The Balaban J connectivity index is 3.36. The summed E-state index contributed by atoms with van der Waals surface area (Å²) >= 11 is 0. The van der Waals surface area contributed by atoms with Gasteiger partial charge in [-0.3, -0.25) is 9.59 Å². The van der Waals surface area contributed by atoms with Gasteiger partial charge in [0.25, 0.3) is 0 Å². The quantitative estimate of drug-likeness (QED) is 0.0373. The first-order valence-electron chi connectivity index (χ1n) is 34.5. The normalized spacial score (nSPS) is 12.3. The van der Waals surface area contributed by atoms with E-state index in [-0.39, 0.29) is 25.2 Å². The molecule has 1 unspecified atom stereocenters. The monoisotopic (exact) mass is 1070 g/mol. The van der Waals surface area contributed by atoms with E-state index in [1.807, 2.05) is 0 Å². The number of hydrogen-bond acceptors (Lipinski definition) is 5. The Kier molecular flexibility index (Phi) is 65.7. The zero-order valence-corrected chi connectivity index (χ0v) is 51.5. The fourth-order valence-electron chi connectivity index (χ4n) is 10.7. The minimum Gasteiger partial charge on any atom is -0.462 e. The number of allylic oxidation sites excluding steroid dienone is 6. The van der Waals surface area contributed by atoms with Crippen LogP contribution in [0.4, 0.5) is 0 Å². The van der Waals surface area contributed by atoms with Crippen LogP contribution in [-0.2, 0) is 19.1 Å². The molecule has 0 amide bonds. The summed E-state index contributed by atoms with van der Waals surface area (Å²) in [7, 11) is 0. The van der Waals surface area contributed by atoms with Crippen molar-refractivity contribution in [1.29, 1.82) is 0 Å². The predicted octanol–water partition coefficient (Wildman–Crippen LogP) is 23.8. The van der Waals surface area contributed by atoms with Crippen molar-refractivity contribution >= 4 is 11.9 Å². The number of carbonyl (C=O) groups is 2. The average molecular weight is 1070 g/mol. The Morgan fingerprint density at radius 2 is 0.526 bits per heavy atom.